The third kappa shape index (κ3) is 3.51. The molecule has 0 spiro atoms. The van der Waals surface area contributed by atoms with Gasteiger partial charge >= 0.3 is 0 Å². The summed E-state index contributed by atoms with van der Waals surface area (Å²) in [6.45, 7) is 4.40. The first kappa shape index (κ1) is 16.7. The standard InChI is InChI=1S/C19H19BrN2O2/c1-12-3-8-17(13(2)9-12)21-19(24)14-10-18(23)22(11-14)16-6-4-15(20)5-7-16/h3-9,14H,10-11H2,1-2H3,(H,21,24). The zero-order valence-electron chi connectivity index (χ0n) is 13.7. The molecule has 0 bridgehead atoms. The van der Waals surface area contributed by atoms with E-state index in [-0.39, 0.29) is 24.2 Å². The highest BCUT2D eigenvalue weighted by atomic mass is 79.9. The molecule has 0 radical (unpaired) electrons. The lowest BCUT2D eigenvalue weighted by molar-refractivity contribution is -0.122. The number of nitrogens with one attached hydrogen (secondary N) is 1. The van der Waals surface area contributed by atoms with Gasteiger partial charge in [-0.1, -0.05) is 33.6 Å². The van der Waals surface area contributed by atoms with Crippen LogP contribution in [0.25, 0.3) is 0 Å². The third-order valence-corrected chi connectivity index (χ3v) is 4.80. The molecule has 4 nitrogen and oxygen atoms in total. The topological polar surface area (TPSA) is 49.4 Å². The van der Waals surface area contributed by atoms with Gasteiger partial charge < -0.3 is 10.2 Å². The number of aryl methyl sites for hydroxylation is 2. The van der Waals surface area contributed by atoms with Crippen LogP contribution >= 0.6 is 15.9 Å². The first-order valence-corrected chi connectivity index (χ1v) is 8.67. The summed E-state index contributed by atoms with van der Waals surface area (Å²) in [5.41, 5.74) is 3.81. The molecule has 24 heavy (non-hydrogen) atoms. The molecule has 0 aromatic heterocycles. The van der Waals surface area contributed by atoms with Gasteiger partial charge in [0.2, 0.25) is 11.8 Å². The van der Waals surface area contributed by atoms with Crippen LogP contribution in [-0.4, -0.2) is 18.4 Å². The van der Waals surface area contributed by atoms with Crippen molar-refractivity contribution in [2.45, 2.75) is 20.3 Å². The van der Waals surface area contributed by atoms with Crippen molar-refractivity contribution in [2.75, 3.05) is 16.8 Å². The van der Waals surface area contributed by atoms with Crippen LogP contribution in [0.2, 0.25) is 0 Å². The van der Waals surface area contributed by atoms with Crippen LogP contribution in [0.3, 0.4) is 0 Å². The lowest BCUT2D eigenvalue weighted by Gasteiger charge is -2.17. The van der Waals surface area contributed by atoms with Crippen molar-refractivity contribution < 1.29 is 9.59 Å². The molecule has 1 saturated heterocycles. The van der Waals surface area contributed by atoms with Crippen molar-refractivity contribution in [1.29, 1.82) is 0 Å². The van der Waals surface area contributed by atoms with Crippen molar-refractivity contribution in [3.63, 3.8) is 0 Å². The van der Waals surface area contributed by atoms with Gasteiger partial charge in [-0.25, -0.2) is 0 Å². The van der Waals surface area contributed by atoms with Crippen molar-refractivity contribution >= 4 is 39.1 Å². The maximum atomic E-state index is 12.5. The molecule has 1 unspecified atom stereocenters. The molecule has 2 aromatic rings. The molecule has 1 N–H and O–H groups in total. The number of anilines is 2. The van der Waals surface area contributed by atoms with Crippen molar-refractivity contribution in [3.05, 3.63) is 58.1 Å². The van der Waals surface area contributed by atoms with E-state index in [0.29, 0.717) is 6.54 Å². The molecular weight excluding hydrogens is 368 g/mol. The Morgan fingerprint density at radius 3 is 2.54 bits per heavy atom. The van der Waals surface area contributed by atoms with Crippen molar-refractivity contribution in [2.24, 2.45) is 5.92 Å². The molecule has 0 aliphatic carbocycles. The van der Waals surface area contributed by atoms with Crippen LogP contribution in [0.1, 0.15) is 17.5 Å². The van der Waals surface area contributed by atoms with E-state index < -0.39 is 0 Å². The first-order valence-electron chi connectivity index (χ1n) is 7.88. The highest BCUT2D eigenvalue weighted by molar-refractivity contribution is 9.10. The summed E-state index contributed by atoms with van der Waals surface area (Å²) in [5, 5.41) is 2.96. The second kappa shape index (κ2) is 6.77. The number of carbonyl (C=O) groups excluding carboxylic acids is 2. The molecule has 2 aromatic carbocycles. The molecule has 1 heterocycles. The summed E-state index contributed by atoms with van der Waals surface area (Å²) in [5.74, 6) is -0.449. The number of amides is 2. The lowest BCUT2D eigenvalue weighted by Crippen LogP contribution is -2.28. The minimum Gasteiger partial charge on any atom is -0.326 e. The quantitative estimate of drug-likeness (QED) is 0.864. The molecule has 124 valence electrons. The van der Waals surface area contributed by atoms with E-state index in [1.54, 1.807) is 4.90 Å². The SMILES string of the molecule is Cc1ccc(NC(=O)C2CC(=O)N(c3ccc(Br)cc3)C2)c(C)c1. The van der Waals surface area contributed by atoms with Gasteiger partial charge in [0.05, 0.1) is 5.92 Å². The predicted octanol–water partition coefficient (Wildman–Crippen LogP) is 4.06. The summed E-state index contributed by atoms with van der Waals surface area (Å²) in [7, 11) is 0. The Labute approximate surface area is 150 Å². The molecule has 1 atom stereocenters. The number of halogens is 1. The van der Waals surface area contributed by atoms with Gasteiger partial charge in [0.1, 0.15) is 0 Å². The predicted molar refractivity (Wildman–Crippen MR) is 99.1 cm³/mol. The fraction of sp³-hybridized carbons (Fsp3) is 0.263. The fourth-order valence-electron chi connectivity index (χ4n) is 2.94. The second-order valence-corrected chi connectivity index (χ2v) is 7.11. The zero-order valence-corrected chi connectivity index (χ0v) is 15.3. The molecule has 0 saturated carbocycles. The first-order chi connectivity index (χ1) is 11.4. The summed E-state index contributed by atoms with van der Waals surface area (Å²) in [4.78, 5) is 26.5. The number of hydrogen-bond acceptors (Lipinski definition) is 2. The van der Waals surface area contributed by atoms with Crippen LogP contribution < -0.4 is 10.2 Å². The van der Waals surface area contributed by atoms with Gasteiger partial charge in [0, 0.05) is 28.8 Å². The van der Waals surface area contributed by atoms with Crippen LogP contribution in [0.4, 0.5) is 11.4 Å². The van der Waals surface area contributed by atoms with E-state index in [1.807, 2.05) is 56.3 Å². The normalized spacial score (nSPS) is 17.2. The zero-order chi connectivity index (χ0) is 17.3. The Kier molecular flexibility index (Phi) is 4.71. The number of hydrogen-bond donors (Lipinski definition) is 1. The summed E-state index contributed by atoms with van der Waals surface area (Å²) < 4.78 is 0.960. The van der Waals surface area contributed by atoms with E-state index in [9.17, 15) is 9.59 Å². The van der Waals surface area contributed by atoms with Gasteiger partial charge in [0.15, 0.2) is 0 Å². The van der Waals surface area contributed by atoms with Crippen molar-refractivity contribution in [3.8, 4) is 0 Å². The molecule has 2 amide bonds. The highest BCUT2D eigenvalue weighted by Crippen LogP contribution is 2.27. The average Bonchev–Trinajstić information content (AvgIpc) is 2.93. The Balaban J connectivity index is 1.70. The summed E-state index contributed by atoms with van der Waals surface area (Å²) >= 11 is 3.39. The maximum absolute atomic E-state index is 12.5. The smallest absolute Gasteiger partial charge is 0.229 e. The highest BCUT2D eigenvalue weighted by Gasteiger charge is 2.35. The summed E-state index contributed by atoms with van der Waals surface area (Å²) in [6.07, 6.45) is 0.243. The van der Waals surface area contributed by atoms with Gasteiger partial charge in [-0.05, 0) is 49.7 Å². The van der Waals surface area contributed by atoms with Crippen LogP contribution in [0.15, 0.2) is 46.9 Å². The molecule has 1 aliphatic rings. The van der Waals surface area contributed by atoms with Gasteiger partial charge in [-0.15, -0.1) is 0 Å². The van der Waals surface area contributed by atoms with Crippen LogP contribution in [0, 0.1) is 19.8 Å². The fourth-order valence-corrected chi connectivity index (χ4v) is 3.21. The Morgan fingerprint density at radius 2 is 1.88 bits per heavy atom. The maximum Gasteiger partial charge on any atom is 0.229 e. The molecule has 3 rings (SSSR count). The van der Waals surface area contributed by atoms with E-state index >= 15 is 0 Å². The van der Waals surface area contributed by atoms with Gasteiger partial charge in [-0.3, -0.25) is 9.59 Å². The lowest BCUT2D eigenvalue weighted by atomic mass is 10.1. The van der Waals surface area contributed by atoms with Gasteiger partial charge in [-0.2, -0.15) is 0 Å². The Morgan fingerprint density at radius 1 is 1.17 bits per heavy atom. The van der Waals surface area contributed by atoms with E-state index in [2.05, 4.69) is 21.2 Å². The molecule has 1 aliphatic heterocycles. The van der Waals surface area contributed by atoms with Crippen molar-refractivity contribution in [1.82, 2.24) is 0 Å². The monoisotopic (exact) mass is 386 g/mol. The van der Waals surface area contributed by atoms with E-state index in [4.69, 9.17) is 0 Å². The largest absolute Gasteiger partial charge is 0.326 e. The van der Waals surface area contributed by atoms with Crippen LogP contribution in [-0.2, 0) is 9.59 Å². The van der Waals surface area contributed by atoms with E-state index in [1.165, 1.54) is 0 Å². The number of benzene rings is 2. The Bertz CT molecular complexity index is 786. The minimum absolute atomic E-state index is 0.0156. The molecule has 5 heteroatoms. The number of rotatable bonds is 3. The number of carbonyl (C=O) groups is 2. The molecule has 1 fully saturated rings. The third-order valence-electron chi connectivity index (χ3n) is 4.27. The Hall–Kier alpha value is -2.14. The average molecular weight is 387 g/mol. The minimum atomic E-state index is -0.332. The van der Waals surface area contributed by atoms with E-state index in [0.717, 1.165) is 27.0 Å². The summed E-state index contributed by atoms with van der Waals surface area (Å²) in [6, 6.07) is 13.5. The number of nitrogens with zero attached hydrogens (tertiary/aromatic N) is 1. The van der Waals surface area contributed by atoms with Gasteiger partial charge in [0.25, 0.3) is 0 Å². The van der Waals surface area contributed by atoms with Crippen LogP contribution in [0.5, 0.6) is 0 Å². The molecular formula is C19H19BrN2O2. The second-order valence-electron chi connectivity index (χ2n) is 6.19.